The predicted octanol–water partition coefficient (Wildman–Crippen LogP) is 1.43. The maximum Gasteiger partial charge on any atom is 0.213 e. The van der Waals surface area contributed by atoms with Crippen molar-refractivity contribution in [2.75, 3.05) is 24.2 Å². The Morgan fingerprint density at radius 3 is 2.74 bits per heavy atom. The molecule has 1 aromatic rings. The van der Waals surface area contributed by atoms with E-state index in [4.69, 9.17) is 18.0 Å². The van der Waals surface area contributed by atoms with Crippen LogP contribution < -0.4 is 15.8 Å². The van der Waals surface area contributed by atoms with Gasteiger partial charge in [0.1, 0.15) is 4.99 Å². The van der Waals surface area contributed by atoms with Crippen LogP contribution in [0.1, 0.15) is 12.5 Å². The van der Waals surface area contributed by atoms with Crippen molar-refractivity contribution in [3.8, 4) is 0 Å². The highest BCUT2D eigenvalue weighted by Crippen LogP contribution is 2.24. The summed E-state index contributed by atoms with van der Waals surface area (Å²) in [4.78, 5) is 0.254. The van der Waals surface area contributed by atoms with E-state index < -0.39 is 10.0 Å². The molecule has 0 fully saturated rings. The van der Waals surface area contributed by atoms with Crippen molar-refractivity contribution in [1.29, 1.82) is 0 Å². The summed E-state index contributed by atoms with van der Waals surface area (Å²) < 4.78 is 26.2. The van der Waals surface area contributed by atoms with E-state index in [1.165, 1.54) is 0 Å². The molecule has 4 N–H and O–H groups in total. The fourth-order valence-corrected chi connectivity index (χ4v) is 3.42. The number of hydrogen-bond donors (Lipinski definition) is 3. The molecule has 106 valence electrons. The fraction of sp³-hybridized carbons (Fsp3) is 0.364. The van der Waals surface area contributed by atoms with E-state index in [2.05, 4.69) is 26.0 Å². The molecule has 0 aliphatic carbocycles. The number of halogens is 1. The van der Waals surface area contributed by atoms with Gasteiger partial charge in [-0.1, -0.05) is 25.2 Å². The van der Waals surface area contributed by atoms with Gasteiger partial charge in [0.2, 0.25) is 10.0 Å². The summed E-state index contributed by atoms with van der Waals surface area (Å²) in [5.74, 6) is -0.00979. The van der Waals surface area contributed by atoms with Crippen LogP contribution >= 0.6 is 28.1 Å². The zero-order valence-electron chi connectivity index (χ0n) is 10.4. The standard InChI is InChI=1S/C11H16BrN3O2S2/c1-2-15-19(16,17)7-6-14-9-5-3-4-8(12)10(9)11(13)18/h3-5,14-15H,2,6-7H2,1H3,(H2,13,18). The third-order valence-corrected chi connectivity index (χ3v) is 4.65. The van der Waals surface area contributed by atoms with Gasteiger partial charge in [0.05, 0.1) is 5.75 Å². The molecule has 0 unspecified atom stereocenters. The molecule has 0 spiro atoms. The van der Waals surface area contributed by atoms with Gasteiger partial charge < -0.3 is 11.1 Å². The monoisotopic (exact) mass is 365 g/mol. The second-order valence-corrected chi connectivity index (χ2v) is 6.99. The Labute approximate surface area is 127 Å². The maximum atomic E-state index is 11.5. The molecule has 1 rings (SSSR count). The molecule has 0 heterocycles. The molecule has 0 saturated carbocycles. The first-order valence-corrected chi connectivity index (χ1v) is 8.52. The normalized spacial score (nSPS) is 11.3. The zero-order valence-corrected chi connectivity index (χ0v) is 13.7. The van der Waals surface area contributed by atoms with Crippen LogP contribution in [0.3, 0.4) is 0 Å². The lowest BCUT2D eigenvalue weighted by molar-refractivity contribution is 0.584. The van der Waals surface area contributed by atoms with Gasteiger partial charge in [-0.3, -0.25) is 0 Å². The van der Waals surface area contributed by atoms with Crippen molar-refractivity contribution in [1.82, 2.24) is 4.72 Å². The van der Waals surface area contributed by atoms with Crippen LogP contribution in [-0.4, -0.2) is 32.2 Å². The molecular weight excluding hydrogens is 350 g/mol. The second-order valence-electron chi connectivity index (χ2n) is 3.77. The lowest BCUT2D eigenvalue weighted by Gasteiger charge is -2.13. The smallest absolute Gasteiger partial charge is 0.213 e. The van der Waals surface area contributed by atoms with Crippen LogP contribution in [0, 0.1) is 0 Å². The summed E-state index contributed by atoms with van der Waals surface area (Å²) in [6.45, 7) is 2.41. The molecule has 8 heteroatoms. The topological polar surface area (TPSA) is 84.2 Å². The number of anilines is 1. The minimum atomic E-state index is -3.23. The van der Waals surface area contributed by atoms with Crippen molar-refractivity contribution >= 4 is 48.8 Å². The van der Waals surface area contributed by atoms with Gasteiger partial charge in [-0.2, -0.15) is 0 Å². The van der Waals surface area contributed by atoms with Crippen molar-refractivity contribution in [2.45, 2.75) is 6.92 Å². The Balaban J connectivity index is 2.74. The number of nitrogens with two attached hydrogens (primary N) is 1. The van der Waals surface area contributed by atoms with E-state index in [1.807, 2.05) is 12.1 Å². The first-order chi connectivity index (χ1) is 8.87. The summed E-state index contributed by atoms with van der Waals surface area (Å²) in [6, 6.07) is 5.46. The number of nitrogens with one attached hydrogen (secondary N) is 2. The summed E-state index contributed by atoms with van der Waals surface area (Å²) in [5, 5.41) is 3.03. The summed E-state index contributed by atoms with van der Waals surface area (Å²) >= 11 is 8.35. The number of thiocarbonyl (C=S) groups is 1. The lowest BCUT2D eigenvalue weighted by Crippen LogP contribution is -2.29. The minimum Gasteiger partial charge on any atom is -0.389 e. The predicted molar refractivity (Wildman–Crippen MR) is 86.0 cm³/mol. The van der Waals surface area contributed by atoms with Crippen molar-refractivity contribution < 1.29 is 8.42 Å². The molecule has 0 bridgehead atoms. The Hall–Kier alpha value is -0.700. The number of rotatable bonds is 7. The minimum absolute atomic E-state index is 0.00979. The van der Waals surface area contributed by atoms with Crippen LogP contribution in [0.25, 0.3) is 0 Å². The first kappa shape index (κ1) is 16.4. The molecule has 0 aliphatic rings. The highest BCUT2D eigenvalue weighted by molar-refractivity contribution is 9.10. The summed E-state index contributed by atoms with van der Waals surface area (Å²) in [7, 11) is -3.23. The quantitative estimate of drug-likeness (QED) is 0.636. The van der Waals surface area contributed by atoms with Gasteiger partial charge in [-0.25, -0.2) is 13.1 Å². The molecule has 0 aliphatic heterocycles. The van der Waals surface area contributed by atoms with Gasteiger partial charge in [-0.15, -0.1) is 0 Å². The maximum absolute atomic E-state index is 11.5. The van der Waals surface area contributed by atoms with E-state index >= 15 is 0 Å². The number of sulfonamides is 1. The molecule has 0 aromatic heterocycles. The largest absolute Gasteiger partial charge is 0.389 e. The molecule has 0 radical (unpaired) electrons. The number of hydrogen-bond acceptors (Lipinski definition) is 4. The van der Waals surface area contributed by atoms with Gasteiger partial charge >= 0.3 is 0 Å². The average Bonchev–Trinajstić information content (AvgIpc) is 2.28. The van der Waals surface area contributed by atoms with Crippen LogP contribution in [0.4, 0.5) is 5.69 Å². The molecule has 19 heavy (non-hydrogen) atoms. The lowest BCUT2D eigenvalue weighted by atomic mass is 10.2. The second kappa shape index (κ2) is 7.18. The fourth-order valence-electron chi connectivity index (χ4n) is 1.53. The van der Waals surface area contributed by atoms with Gasteiger partial charge in [0.25, 0.3) is 0 Å². The third-order valence-electron chi connectivity index (χ3n) is 2.31. The first-order valence-electron chi connectivity index (χ1n) is 5.67. The summed E-state index contributed by atoms with van der Waals surface area (Å²) in [6.07, 6.45) is 0. The van der Waals surface area contributed by atoms with E-state index in [0.717, 1.165) is 4.47 Å². The van der Waals surface area contributed by atoms with E-state index in [-0.39, 0.29) is 17.3 Å². The number of benzene rings is 1. The van der Waals surface area contributed by atoms with Crippen LogP contribution in [0.2, 0.25) is 0 Å². The van der Waals surface area contributed by atoms with E-state index in [9.17, 15) is 8.42 Å². The van der Waals surface area contributed by atoms with Crippen molar-refractivity contribution in [3.05, 3.63) is 28.2 Å². The third kappa shape index (κ3) is 5.06. The van der Waals surface area contributed by atoms with Gasteiger partial charge in [-0.05, 0) is 28.1 Å². The van der Waals surface area contributed by atoms with Gasteiger partial charge in [0, 0.05) is 28.8 Å². The van der Waals surface area contributed by atoms with Crippen LogP contribution in [0.5, 0.6) is 0 Å². The van der Waals surface area contributed by atoms with Crippen molar-refractivity contribution in [2.24, 2.45) is 5.73 Å². The van der Waals surface area contributed by atoms with E-state index in [0.29, 0.717) is 17.8 Å². The van der Waals surface area contributed by atoms with Crippen LogP contribution in [-0.2, 0) is 10.0 Å². The molecule has 0 saturated heterocycles. The van der Waals surface area contributed by atoms with E-state index in [1.54, 1.807) is 13.0 Å². The van der Waals surface area contributed by atoms with Crippen LogP contribution in [0.15, 0.2) is 22.7 Å². The Kier molecular flexibility index (Phi) is 6.18. The molecule has 5 nitrogen and oxygen atoms in total. The Morgan fingerprint density at radius 1 is 1.47 bits per heavy atom. The highest BCUT2D eigenvalue weighted by Gasteiger charge is 2.11. The SMILES string of the molecule is CCNS(=O)(=O)CCNc1cccc(Br)c1C(N)=S. The Morgan fingerprint density at radius 2 is 2.16 bits per heavy atom. The Bertz CT molecular complexity index is 561. The molecule has 1 aromatic carbocycles. The molecular formula is C11H16BrN3O2S2. The van der Waals surface area contributed by atoms with Crippen molar-refractivity contribution in [3.63, 3.8) is 0 Å². The zero-order chi connectivity index (χ0) is 14.5. The van der Waals surface area contributed by atoms with Gasteiger partial charge in [0.15, 0.2) is 0 Å². The average molecular weight is 366 g/mol. The molecule has 0 amide bonds. The highest BCUT2D eigenvalue weighted by atomic mass is 79.9. The molecule has 0 atom stereocenters. The summed E-state index contributed by atoms with van der Waals surface area (Å²) in [5.41, 5.74) is 7.05.